The van der Waals surface area contributed by atoms with Crippen LogP contribution < -0.4 is 11.1 Å². The maximum Gasteiger partial charge on any atom is 0.265 e. The monoisotopic (exact) mass is 406 g/mol. The van der Waals surface area contributed by atoms with Crippen molar-refractivity contribution in [1.29, 1.82) is 0 Å². The predicted octanol–water partition coefficient (Wildman–Crippen LogP) is 0.114. The number of benzene rings is 1. The number of nitrogens with zero attached hydrogens (tertiary/aromatic N) is 2. The molecular formula is C19H20F2N4O4. The number of rotatable bonds is 4. The van der Waals surface area contributed by atoms with Gasteiger partial charge in [0, 0.05) is 32.0 Å². The Labute approximate surface area is 165 Å². The summed E-state index contributed by atoms with van der Waals surface area (Å²) in [4.78, 5) is 51.3. The summed E-state index contributed by atoms with van der Waals surface area (Å²) in [7, 11) is 0. The fourth-order valence-electron chi connectivity index (χ4n) is 4.18. The second-order valence-electron chi connectivity index (χ2n) is 7.69. The van der Waals surface area contributed by atoms with Crippen LogP contribution in [0.1, 0.15) is 39.1 Å². The van der Waals surface area contributed by atoms with Gasteiger partial charge in [0.1, 0.15) is 6.04 Å². The van der Waals surface area contributed by atoms with Gasteiger partial charge in [0.05, 0.1) is 17.7 Å². The smallest absolute Gasteiger partial charge is 0.265 e. The molecule has 10 heteroatoms. The molecule has 8 nitrogen and oxygen atoms in total. The molecule has 0 aliphatic carbocycles. The van der Waals surface area contributed by atoms with Gasteiger partial charge in [0.15, 0.2) is 0 Å². The third-order valence-corrected chi connectivity index (χ3v) is 5.71. The number of piperidine rings is 1. The highest BCUT2D eigenvalue weighted by Gasteiger charge is 2.47. The van der Waals surface area contributed by atoms with E-state index in [2.05, 4.69) is 5.32 Å². The summed E-state index contributed by atoms with van der Waals surface area (Å²) in [6, 6.07) is 3.57. The third kappa shape index (κ3) is 3.32. The van der Waals surface area contributed by atoms with Crippen LogP contribution in [-0.4, -0.2) is 65.0 Å². The van der Waals surface area contributed by atoms with Crippen molar-refractivity contribution in [3.8, 4) is 0 Å². The van der Waals surface area contributed by atoms with Crippen LogP contribution in [0.2, 0.25) is 0 Å². The second-order valence-corrected chi connectivity index (χ2v) is 7.69. The number of imide groups is 2. The molecule has 0 radical (unpaired) electrons. The van der Waals surface area contributed by atoms with Crippen molar-refractivity contribution in [2.45, 2.75) is 31.4 Å². The van der Waals surface area contributed by atoms with E-state index in [1.165, 1.54) is 12.1 Å². The Morgan fingerprint density at radius 2 is 1.86 bits per heavy atom. The molecule has 2 unspecified atom stereocenters. The van der Waals surface area contributed by atoms with Crippen LogP contribution >= 0.6 is 0 Å². The molecule has 3 N–H and O–H groups in total. The van der Waals surface area contributed by atoms with Crippen LogP contribution in [-0.2, 0) is 16.1 Å². The molecule has 0 saturated carbocycles. The Kier molecular flexibility index (Phi) is 4.70. The molecule has 2 saturated heterocycles. The standard InChI is InChI=1S/C19H20F2N4O4/c20-19(21)9-24(8-11(19)6-22)7-10-1-2-12-13(5-10)18(29)25(17(12)28)14-3-4-15(26)23-16(14)27/h1-2,5,11,14H,3-4,6-9,22H2,(H,23,26,27). The third-order valence-electron chi connectivity index (χ3n) is 5.71. The first kappa shape index (κ1) is 19.6. The average molecular weight is 406 g/mol. The van der Waals surface area contributed by atoms with Gasteiger partial charge in [0.2, 0.25) is 11.8 Å². The summed E-state index contributed by atoms with van der Waals surface area (Å²) in [5.41, 5.74) is 6.34. The fraction of sp³-hybridized carbons (Fsp3) is 0.474. The number of likely N-dealkylation sites (tertiary alicyclic amines) is 1. The summed E-state index contributed by atoms with van der Waals surface area (Å²) >= 11 is 0. The molecular weight excluding hydrogens is 386 g/mol. The van der Waals surface area contributed by atoms with Crippen molar-refractivity contribution in [1.82, 2.24) is 15.1 Å². The summed E-state index contributed by atoms with van der Waals surface area (Å²) < 4.78 is 27.9. The highest BCUT2D eigenvalue weighted by Crippen LogP contribution is 2.34. The number of fused-ring (bicyclic) bond motifs is 1. The molecule has 0 spiro atoms. The molecule has 4 amide bonds. The van der Waals surface area contributed by atoms with E-state index < -0.39 is 48.1 Å². The van der Waals surface area contributed by atoms with Gasteiger partial charge >= 0.3 is 0 Å². The number of halogens is 2. The fourth-order valence-corrected chi connectivity index (χ4v) is 4.18. The molecule has 2 atom stereocenters. The van der Waals surface area contributed by atoms with Crippen LogP contribution in [0.3, 0.4) is 0 Å². The van der Waals surface area contributed by atoms with Gasteiger partial charge in [-0.1, -0.05) is 6.07 Å². The Morgan fingerprint density at radius 3 is 2.52 bits per heavy atom. The molecule has 3 aliphatic heterocycles. The first-order valence-electron chi connectivity index (χ1n) is 9.36. The van der Waals surface area contributed by atoms with Gasteiger partial charge in [-0.3, -0.25) is 34.3 Å². The normalized spacial score (nSPS) is 26.8. The van der Waals surface area contributed by atoms with E-state index in [0.717, 1.165) is 4.90 Å². The number of hydrogen-bond acceptors (Lipinski definition) is 6. The minimum absolute atomic E-state index is 0.0422. The molecule has 29 heavy (non-hydrogen) atoms. The first-order chi connectivity index (χ1) is 13.7. The summed E-state index contributed by atoms with van der Waals surface area (Å²) in [5.74, 6) is -6.11. The van der Waals surface area contributed by atoms with Crippen molar-refractivity contribution in [3.05, 3.63) is 34.9 Å². The lowest BCUT2D eigenvalue weighted by atomic mass is 10.0. The Balaban J connectivity index is 1.53. The van der Waals surface area contributed by atoms with E-state index in [0.29, 0.717) is 5.56 Å². The molecule has 2 fully saturated rings. The van der Waals surface area contributed by atoms with Crippen LogP contribution in [0.4, 0.5) is 8.78 Å². The second kappa shape index (κ2) is 6.96. The molecule has 0 aromatic heterocycles. The van der Waals surface area contributed by atoms with E-state index in [4.69, 9.17) is 5.73 Å². The van der Waals surface area contributed by atoms with Crippen LogP contribution in [0.15, 0.2) is 18.2 Å². The predicted molar refractivity (Wildman–Crippen MR) is 95.9 cm³/mol. The molecule has 0 bridgehead atoms. The lowest BCUT2D eigenvalue weighted by molar-refractivity contribution is -0.136. The minimum atomic E-state index is -2.86. The largest absolute Gasteiger partial charge is 0.330 e. The highest BCUT2D eigenvalue weighted by molar-refractivity contribution is 6.23. The van der Waals surface area contributed by atoms with Gasteiger partial charge in [-0.2, -0.15) is 0 Å². The Hall–Kier alpha value is -2.72. The van der Waals surface area contributed by atoms with Crippen molar-refractivity contribution >= 4 is 23.6 Å². The lowest BCUT2D eigenvalue weighted by Gasteiger charge is -2.27. The number of hydrogen-bond donors (Lipinski definition) is 2. The number of carbonyl (C=O) groups is 4. The van der Waals surface area contributed by atoms with Gasteiger partial charge in [-0.15, -0.1) is 0 Å². The van der Waals surface area contributed by atoms with E-state index in [1.54, 1.807) is 11.0 Å². The van der Waals surface area contributed by atoms with Crippen LogP contribution in [0, 0.1) is 5.92 Å². The molecule has 3 aliphatic rings. The minimum Gasteiger partial charge on any atom is -0.330 e. The van der Waals surface area contributed by atoms with Gasteiger partial charge < -0.3 is 5.73 Å². The number of carbonyl (C=O) groups excluding carboxylic acids is 4. The van der Waals surface area contributed by atoms with Gasteiger partial charge in [-0.05, 0) is 24.1 Å². The van der Waals surface area contributed by atoms with Crippen molar-refractivity contribution in [3.63, 3.8) is 0 Å². The van der Waals surface area contributed by atoms with Crippen molar-refractivity contribution < 1.29 is 28.0 Å². The zero-order valence-corrected chi connectivity index (χ0v) is 15.5. The SMILES string of the molecule is NCC1CN(Cc2ccc3c(c2)C(=O)N(C2CCC(=O)NC2=O)C3=O)CC1(F)F. The van der Waals surface area contributed by atoms with Crippen LogP contribution in [0.5, 0.6) is 0 Å². The number of nitrogens with one attached hydrogen (secondary N) is 1. The van der Waals surface area contributed by atoms with E-state index in [-0.39, 0.29) is 43.6 Å². The number of amides is 4. The zero-order chi connectivity index (χ0) is 20.9. The highest BCUT2D eigenvalue weighted by atomic mass is 19.3. The topological polar surface area (TPSA) is 113 Å². The molecule has 4 rings (SSSR count). The molecule has 1 aromatic rings. The van der Waals surface area contributed by atoms with Crippen LogP contribution in [0.25, 0.3) is 0 Å². The molecule has 3 heterocycles. The maximum atomic E-state index is 13.9. The summed E-state index contributed by atoms with van der Waals surface area (Å²) in [6.07, 6.45) is 0.118. The van der Waals surface area contributed by atoms with E-state index >= 15 is 0 Å². The first-order valence-corrected chi connectivity index (χ1v) is 9.36. The number of alkyl halides is 2. The molecule has 1 aromatic carbocycles. The zero-order valence-electron chi connectivity index (χ0n) is 15.5. The van der Waals surface area contributed by atoms with Gasteiger partial charge in [0.25, 0.3) is 17.7 Å². The lowest BCUT2D eigenvalue weighted by Crippen LogP contribution is -2.54. The summed E-state index contributed by atoms with van der Waals surface area (Å²) in [6.45, 7) is -0.183. The van der Waals surface area contributed by atoms with Crippen molar-refractivity contribution in [2.75, 3.05) is 19.6 Å². The Bertz CT molecular complexity index is 919. The summed E-state index contributed by atoms with van der Waals surface area (Å²) in [5, 5.41) is 2.14. The average Bonchev–Trinajstić information content (AvgIpc) is 3.08. The van der Waals surface area contributed by atoms with E-state index in [1.807, 2.05) is 0 Å². The maximum absolute atomic E-state index is 13.9. The van der Waals surface area contributed by atoms with Gasteiger partial charge in [-0.25, -0.2) is 8.78 Å². The van der Waals surface area contributed by atoms with E-state index in [9.17, 15) is 28.0 Å². The van der Waals surface area contributed by atoms with Crippen molar-refractivity contribution in [2.24, 2.45) is 11.7 Å². The number of nitrogens with two attached hydrogens (primary N) is 1. The Morgan fingerprint density at radius 1 is 1.14 bits per heavy atom. The quantitative estimate of drug-likeness (QED) is 0.687. The molecule has 154 valence electrons.